The standard InChI is InChI=1S/C58H34N4O/c1-2-16-35(17-3-1)55-59-56(61-57(60-55)45-26-15-25-43-41-23-8-13-31-51(41)63-54(43)45)36-18-14-19-37(34-36)62-50-30-12-7-22-40(50)42-32-33-49-52(53(42)62)44-24-6-11-29-48(44)58(49)46-27-9-4-20-38(46)39-21-5-10-28-47(39)58/h1-34H. The van der Waals surface area contributed by atoms with Gasteiger partial charge < -0.3 is 8.98 Å². The van der Waals surface area contributed by atoms with Crippen LogP contribution in [0.4, 0.5) is 0 Å². The molecule has 0 amide bonds. The van der Waals surface area contributed by atoms with Gasteiger partial charge in [-0.05, 0) is 69.3 Å². The second-order valence-corrected chi connectivity index (χ2v) is 16.6. The van der Waals surface area contributed by atoms with Gasteiger partial charge in [-0.2, -0.15) is 0 Å². The largest absolute Gasteiger partial charge is 0.455 e. The number of fused-ring (bicyclic) bond motifs is 17. The van der Waals surface area contributed by atoms with Crippen LogP contribution < -0.4 is 0 Å². The van der Waals surface area contributed by atoms with E-state index in [1.54, 1.807) is 0 Å². The first kappa shape index (κ1) is 34.3. The smallest absolute Gasteiger partial charge is 0.167 e. The zero-order chi connectivity index (χ0) is 41.2. The zero-order valence-corrected chi connectivity index (χ0v) is 33.8. The van der Waals surface area contributed by atoms with Crippen LogP contribution in [0.3, 0.4) is 0 Å². The fourth-order valence-corrected chi connectivity index (χ4v) is 10.9. The van der Waals surface area contributed by atoms with Crippen LogP contribution in [0.1, 0.15) is 22.3 Å². The molecule has 0 fully saturated rings. The van der Waals surface area contributed by atoms with Crippen LogP contribution in [0.5, 0.6) is 0 Å². The van der Waals surface area contributed by atoms with Crippen LogP contribution >= 0.6 is 0 Å². The lowest BCUT2D eigenvalue weighted by Crippen LogP contribution is -2.25. The van der Waals surface area contributed by atoms with Crippen LogP contribution in [0.25, 0.3) is 106 Å². The maximum Gasteiger partial charge on any atom is 0.167 e. The Hall–Kier alpha value is -8.41. The second kappa shape index (κ2) is 12.8. The molecule has 0 aliphatic heterocycles. The first-order valence-electron chi connectivity index (χ1n) is 21.4. The number of aromatic nitrogens is 4. The summed E-state index contributed by atoms with van der Waals surface area (Å²) in [5, 5.41) is 4.51. The summed E-state index contributed by atoms with van der Waals surface area (Å²) < 4.78 is 8.97. The maximum absolute atomic E-state index is 6.51. The minimum absolute atomic E-state index is 0.450. The molecule has 0 bridgehead atoms. The highest BCUT2D eigenvalue weighted by atomic mass is 16.3. The topological polar surface area (TPSA) is 56.7 Å². The number of nitrogens with zero attached hydrogens (tertiary/aromatic N) is 4. The van der Waals surface area contributed by atoms with E-state index in [1.807, 2.05) is 54.6 Å². The number of furan rings is 1. The lowest BCUT2D eigenvalue weighted by Gasteiger charge is -2.30. The van der Waals surface area contributed by atoms with Crippen molar-refractivity contribution in [1.29, 1.82) is 0 Å². The molecule has 0 N–H and O–H groups in total. The normalized spacial score (nSPS) is 13.2. The summed E-state index contributed by atoms with van der Waals surface area (Å²) in [6.07, 6.45) is 0. The molecule has 0 radical (unpaired) electrons. The van der Waals surface area contributed by atoms with Gasteiger partial charge in [0.2, 0.25) is 0 Å². The molecule has 5 nitrogen and oxygen atoms in total. The van der Waals surface area contributed by atoms with E-state index in [9.17, 15) is 0 Å². The molecule has 3 aromatic heterocycles. The Labute approximate surface area is 362 Å². The van der Waals surface area contributed by atoms with E-state index in [4.69, 9.17) is 19.4 Å². The Morgan fingerprint density at radius 1 is 0.381 bits per heavy atom. The van der Waals surface area contributed by atoms with Crippen LogP contribution in [-0.2, 0) is 5.41 Å². The highest BCUT2D eigenvalue weighted by molar-refractivity contribution is 6.17. The van der Waals surface area contributed by atoms with Crippen LogP contribution in [0.2, 0.25) is 0 Å². The molecule has 9 aromatic carbocycles. The third-order valence-electron chi connectivity index (χ3n) is 13.5. The average molecular weight is 803 g/mol. The van der Waals surface area contributed by atoms with Gasteiger partial charge in [0.25, 0.3) is 0 Å². The minimum Gasteiger partial charge on any atom is -0.455 e. The monoisotopic (exact) mass is 802 g/mol. The Kier molecular flexibility index (Phi) is 6.97. The van der Waals surface area contributed by atoms with Crippen molar-refractivity contribution in [2.45, 2.75) is 5.41 Å². The van der Waals surface area contributed by atoms with E-state index in [0.717, 1.165) is 49.8 Å². The summed E-state index contributed by atoms with van der Waals surface area (Å²) in [4.78, 5) is 15.6. The number of benzene rings is 9. The van der Waals surface area contributed by atoms with Crippen LogP contribution in [0.15, 0.2) is 211 Å². The van der Waals surface area contributed by atoms with Gasteiger partial charge in [0, 0.05) is 43.9 Å². The number of hydrogen-bond acceptors (Lipinski definition) is 4. The Morgan fingerprint density at radius 3 is 1.75 bits per heavy atom. The van der Waals surface area contributed by atoms with Crippen molar-refractivity contribution in [3.8, 4) is 62.1 Å². The van der Waals surface area contributed by atoms with Crippen molar-refractivity contribution < 1.29 is 4.42 Å². The highest BCUT2D eigenvalue weighted by Gasteiger charge is 2.52. The van der Waals surface area contributed by atoms with E-state index in [-0.39, 0.29) is 0 Å². The van der Waals surface area contributed by atoms with Crippen molar-refractivity contribution in [3.63, 3.8) is 0 Å². The van der Waals surface area contributed by atoms with Gasteiger partial charge in [0.05, 0.1) is 22.0 Å². The van der Waals surface area contributed by atoms with Crippen molar-refractivity contribution >= 4 is 43.7 Å². The lowest BCUT2D eigenvalue weighted by molar-refractivity contribution is 0.669. The summed E-state index contributed by atoms with van der Waals surface area (Å²) in [5.74, 6) is 1.74. The van der Waals surface area contributed by atoms with Gasteiger partial charge in [0.15, 0.2) is 17.5 Å². The summed E-state index contributed by atoms with van der Waals surface area (Å²) >= 11 is 0. The van der Waals surface area contributed by atoms with E-state index in [2.05, 4.69) is 156 Å². The van der Waals surface area contributed by atoms with E-state index >= 15 is 0 Å². The van der Waals surface area contributed by atoms with Crippen molar-refractivity contribution in [1.82, 2.24) is 19.5 Å². The molecular formula is C58H34N4O. The lowest BCUT2D eigenvalue weighted by atomic mass is 9.70. The van der Waals surface area contributed by atoms with Crippen molar-refractivity contribution in [3.05, 3.63) is 229 Å². The Bertz CT molecular complexity index is 3830. The van der Waals surface area contributed by atoms with Crippen molar-refractivity contribution in [2.24, 2.45) is 0 Å². The molecule has 2 aliphatic carbocycles. The highest BCUT2D eigenvalue weighted by Crippen LogP contribution is 2.64. The molecule has 14 rings (SSSR count). The quantitative estimate of drug-likeness (QED) is 0.178. The van der Waals surface area contributed by atoms with Gasteiger partial charge in [0.1, 0.15) is 11.2 Å². The van der Waals surface area contributed by atoms with Gasteiger partial charge >= 0.3 is 0 Å². The fraction of sp³-hybridized carbons (Fsp3) is 0.0172. The molecular weight excluding hydrogens is 769 g/mol. The average Bonchev–Trinajstić information content (AvgIpc) is 4.08. The first-order chi connectivity index (χ1) is 31.3. The zero-order valence-electron chi connectivity index (χ0n) is 33.8. The third kappa shape index (κ3) is 4.63. The molecule has 292 valence electrons. The van der Waals surface area contributed by atoms with Gasteiger partial charge in [-0.3, -0.25) is 0 Å². The number of hydrogen-bond donors (Lipinski definition) is 0. The first-order valence-corrected chi connectivity index (χ1v) is 21.4. The van der Waals surface area contributed by atoms with E-state index in [1.165, 1.54) is 60.8 Å². The molecule has 0 atom stereocenters. The molecule has 0 saturated carbocycles. The molecule has 63 heavy (non-hydrogen) atoms. The molecule has 3 heterocycles. The third-order valence-corrected chi connectivity index (χ3v) is 13.5. The van der Waals surface area contributed by atoms with E-state index < -0.39 is 5.41 Å². The molecule has 12 aromatic rings. The van der Waals surface area contributed by atoms with Gasteiger partial charge in [-0.25, -0.2) is 15.0 Å². The van der Waals surface area contributed by atoms with E-state index in [0.29, 0.717) is 17.5 Å². The minimum atomic E-state index is -0.450. The van der Waals surface area contributed by atoms with Gasteiger partial charge in [-0.15, -0.1) is 0 Å². The second-order valence-electron chi connectivity index (χ2n) is 16.6. The Balaban J connectivity index is 1.03. The number of para-hydroxylation sites is 3. The van der Waals surface area contributed by atoms with Crippen molar-refractivity contribution in [2.75, 3.05) is 0 Å². The SMILES string of the molecule is c1ccc(-c2nc(-c3cccc(-n4c5ccccc5c5ccc6c(c54)-c4ccccc4C64c5ccccc5-c5ccccc54)c3)nc(-c3cccc4c3oc3ccccc34)n2)cc1. The summed E-state index contributed by atoms with van der Waals surface area (Å²) in [6, 6.07) is 73.8. The Morgan fingerprint density at radius 2 is 0.952 bits per heavy atom. The maximum atomic E-state index is 6.51. The fourth-order valence-electron chi connectivity index (χ4n) is 10.9. The van der Waals surface area contributed by atoms with Gasteiger partial charge in [-0.1, -0.05) is 176 Å². The predicted octanol–water partition coefficient (Wildman–Crippen LogP) is 14.2. The summed E-state index contributed by atoms with van der Waals surface area (Å²) in [6.45, 7) is 0. The summed E-state index contributed by atoms with van der Waals surface area (Å²) in [7, 11) is 0. The molecule has 1 spiro atoms. The molecule has 2 aliphatic rings. The summed E-state index contributed by atoms with van der Waals surface area (Å²) in [5.41, 5.74) is 17.5. The molecule has 0 unspecified atom stereocenters. The molecule has 0 saturated heterocycles. The molecule has 5 heteroatoms. The van der Waals surface area contributed by atoms with Crippen LogP contribution in [0, 0.1) is 0 Å². The van der Waals surface area contributed by atoms with Crippen LogP contribution in [-0.4, -0.2) is 19.5 Å². The predicted molar refractivity (Wildman–Crippen MR) is 254 cm³/mol. The number of rotatable bonds is 4.